The number of aliphatic hydroxyl groups excluding tert-OH is 1. The van der Waals surface area contributed by atoms with Gasteiger partial charge in [0.2, 0.25) is 0 Å². The Hall–Kier alpha value is -1.62. The topological polar surface area (TPSA) is 50.7 Å². The molecule has 6 heteroatoms. The number of ether oxygens (including phenoxy) is 2. The maximum absolute atomic E-state index is 8.86. The SMILES string of the molecule is CCOc1cc(CNc2cc(Cl)cc(Cl)c2)ccc1OCCO. The van der Waals surface area contributed by atoms with Crippen LogP contribution in [-0.4, -0.2) is 24.9 Å². The van der Waals surface area contributed by atoms with Crippen LogP contribution in [0.3, 0.4) is 0 Å². The molecule has 2 rings (SSSR count). The van der Waals surface area contributed by atoms with Gasteiger partial charge in [0.25, 0.3) is 0 Å². The van der Waals surface area contributed by atoms with Crippen LogP contribution in [0.4, 0.5) is 5.69 Å². The number of anilines is 1. The van der Waals surface area contributed by atoms with Crippen LogP contribution < -0.4 is 14.8 Å². The van der Waals surface area contributed by atoms with E-state index in [-0.39, 0.29) is 13.2 Å². The van der Waals surface area contributed by atoms with Gasteiger partial charge in [-0.05, 0) is 42.8 Å². The number of hydrogen-bond acceptors (Lipinski definition) is 4. The second kappa shape index (κ2) is 8.87. The van der Waals surface area contributed by atoms with Gasteiger partial charge in [0.05, 0.1) is 13.2 Å². The van der Waals surface area contributed by atoms with Crippen LogP contribution in [0.5, 0.6) is 11.5 Å². The summed E-state index contributed by atoms with van der Waals surface area (Å²) in [5, 5.41) is 13.3. The Bertz CT molecular complexity index is 629. The molecule has 0 saturated heterocycles. The molecule has 2 aromatic carbocycles. The van der Waals surface area contributed by atoms with Gasteiger partial charge in [0, 0.05) is 22.3 Å². The third-order valence-corrected chi connectivity index (χ3v) is 3.45. The summed E-state index contributed by atoms with van der Waals surface area (Å²) in [6, 6.07) is 11.0. The molecular weight excluding hydrogens is 337 g/mol. The molecule has 23 heavy (non-hydrogen) atoms. The van der Waals surface area contributed by atoms with Crippen LogP contribution >= 0.6 is 23.2 Å². The molecule has 0 bridgehead atoms. The summed E-state index contributed by atoms with van der Waals surface area (Å²) in [7, 11) is 0. The molecule has 0 saturated carbocycles. The third-order valence-electron chi connectivity index (χ3n) is 3.02. The van der Waals surface area contributed by atoms with Crippen LogP contribution in [0.15, 0.2) is 36.4 Å². The Morgan fingerprint density at radius 3 is 2.39 bits per heavy atom. The number of aliphatic hydroxyl groups is 1. The van der Waals surface area contributed by atoms with E-state index in [0.717, 1.165) is 11.3 Å². The molecule has 0 unspecified atom stereocenters. The van der Waals surface area contributed by atoms with Crippen LogP contribution in [0.2, 0.25) is 10.0 Å². The Morgan fingerprint density at radius 1 is 1.00 bits per heavy atom. The predicted octanol–water partition coefficient (Wildman–Crippen LogP) is 4.38. The van der Waals surface area contributed by atoms with E-state index < -0.39 is 0 Å². The number of halogens is 2. The van der Waals surface area contributed by atoms with Crippen LogP contribution in [-0.2, 0) is 6.54 Å². The Labute approximate surface area is 145 Å². The number of benzene rings is 2. The largest absolute Gasteiger partial charge is 0.490 e. The summed E-state index contributed by atoms with van der Waals surface area (Å²) in [6.07, 6.45) is 0. The Balaban J connectivity index is 2.08. The highest BCUT2D eigenvalue weighted by Gasteiger charge is 2.07. The van der Waals surface area contributed by atoms with Crippen molar-refractivity contribution in [2.24, 2.45) is 0 Å². The highest BCUT2D eigenvalue weighted by atomic mass is 35.5. The first kappa shape index (κ1) is 17.7. The lowest BCUT2D eigenvalue weighted by molar-refractivity contribution is 0.194. The van der Waals surface area contributed by atoms with E-state index in [4.69, 9.17) is 37.8 Å². The van der Waals surface area contributed by atoms with E-state index in [1.54, 1.807) is 6.07 Å². The molecule has 124 valence electrons. The van der Waals surface area contributed by atoms with E-state index in [2.05, 4.69) is 5.32 Å². The van der Waals surface area contributed by atoms with Crippen molar-refractivity contribution in [3.63, 3.8) is 0 Å². The summed E-state index contributed by atoms with van der Waals surface area (Å²) in [5.74, 6) is 1.28. The van der Waals surface area contributed by atoms with Gasteiger partial charge in [0.15, 0.2) is 11.5 Å². The molecule has 0 spiro atoms. The van der Waals surface area contributed by atoms with Gasteiger partial charge in [-0.1, -0.05) is 29.3 Å². The first-order valence-corrected chi connectivity index (χ1v) is 8.07. The van der Waals surface area contributed by atoms with Gasteiger partial charge in [0.1, 0.15) is 6.61 Å². The molecule has 0 aliphatic heterocycles. The first-order chi connectivity index (χ1) is 11.1. The van der Waals surface area contributed by atoms with Crippen molar-refractivity contribution in [3.8, 4) is 11.5 Å². The van der Waals surface area contributed by atoms with E-state index in [1.807, 2.05) is 37.3 Å². The molecule has 2 N–H and O–H groups in total. The Kier molecular flexibility index (Phi) is 6.84. The fourth-order valence-corrected chi connectivity index (χ4v) is 2.59. The quantitative estimate of drug-likeness (QED) is 0.737. The van der Waals surface area contributed by atoms with E-state index >= 15 is 0 Å². The molecule has 0 atom stereocenters. The zero-order valence-electron chi connectivity index (χ0n) is 12.8. The normalized spacial score (nSPS) is 10.4. The lowest BCUT2D eigenvalue weighted by atomic mass is 10.2. The smallest absolute Gasteiger partial charge is 0.161 e. The van der Waals surface area contributed by atoms with Gasteiger partial charge in [-0.2, -0.15) is 0 Å². The molecule has 0 heterocycles. The molecular formula is C17H19Cl2NO3. The lowest BCUT2D eigenvalue weighted by Crippen LogP contribution is -2.05. The van der Waals surface area contributed by atoms with Gasteiger partial charge in [-0.15, -0.1) is 0 Å². The van der Waals surface area contributed by atoms with Crippen molar-refractivity contribution >= 4 is 28.9 Å². The number of rotatable bonds is 8. The summed E-state index contributed by atoms with van der Waals surface area (Å²) >= 11 is 12.0. The average molecular weight is 356 g/mol. The van der Waals surface area contributed by atoms with Gasteiger partial charge >= 0.3 is 0 Å². The summed E-state index contributed by atoms with van der Waals surface area (Å²) < 4.78 is 11.0. The van der Waals surface area contributed by atoms with Crippen LogP contribution in [0.1, 0.15) is 12.5 Å². The van der Waals surface area contributed by atoms with Crippen LogP contribution in [0, 0.1) is 0 Å². The van der Waals surface area contributed by atoms with E-state index in [1.165, 1.54) is 0 Å². The average Bonchev–Trinajstić information content (AvgIpc) is 2.51. The first-order valence-electron chi connectivity index (χ1n) is 7.31. The monoisotopic (exact) mass is 355 g/mol. The van der Waals surface area contributed by atoms with Crippen molar-refractivity contribution in [1.82, 2.24) is 0 Å². The maximum Gasteiger partial charge on any atom is 0.161 e. The standard InChI is InChI=1S/C17H19Cl2NO3/c1-2-22-17-7-12(3-4-16(17)23-6-5-21)11-20-15-9-13(18)8-14(19)10-15/h3-4,7-10,20-21H,2,5-6,11H2,1H3. The minimum Gasteiger partial charge on any atom is -0.490 e. The van der Waals surface area contributed by atoms with E-state index in [0.29, 0.717) is 34.7 Å². The molecule has 0 fully saturated rings. The lowest BCUT2D eigenvalue weighted by Gasteiger charge is -2.14. The third kappa shape index (κ3) is 5.50. The highest BCUT2D eigenvalue weighted by Crippen LogP contribution is 2.29. The number of hydrogen-bond donors (Lipinski definition) is 2. The summed E-state index contributed by atoms with van der Waals surface area (Å²) in [5.41, 5.74) is 1.88. The van der Waals surface area contributed by atoms with Gasteiger partial charge in [-0.25, -0.2) is 0 Å². The van der Waals surface area contributed by atoms with Crippen LogP contribution in [0.25, 0.3) is 0 Å². The predicted molar refractivity (Wildman–Crippen MR) is 94.0 cm³/mol. The zero-order valence-corrected chi connectivity index (χ0v) is 14.3. The van der Waals surface area contributed by atoms with E-state index in [9.17, 15) is 0 Å². The second-order valence-electron chi connectivity index (χ2n) is 4.80. The second-order valence-corrected chi connectivity index (χ2v) is 5.67. The fourth-order valence-electron chi connectivity index (χ4n) is 2.07. The molecule has 4 nitrogen and oxygen atoms in total. The van der Waals surface area contributed by atoms with Crippen molar-refractivity contribution < 1.29 is 14.6 Å². The van der Waals surface area contributed by atoms with Gasteiger partial charge in [-0.3, -0.25) is 0 Å². The molecule has 0 aliphatic carbocycles. The van der Waals surface area contributed by atoms with Crippen molar-refractivity contribution in [1.29, 1.82) is 0 Å². The van der Waals surface area contributed by atoms with Crippen molar-refractivity contribution in [2.75, 3.05) is 25.1 Å². The number of nitrogens with one attached hydrogen (secondary N) is 1. The van der Waals surface area contributed by atoms with Gasteiger partial charge < -0.3 is 19.9 Å². The maximum atomic E-state index is 8.86. The zero-order chi connectivity index (χ0) is 16.7. The minimum atomic E-state index is -0.0373. The minimum absolute atomic E-state index is 0.0373. The highest BCUT2D eigenvalue weighted by molar-refractivity contribution is 6.35. The van der Waals surface area contributed by atoms with Crippen molar-refractivity contribution in [2.45, 2.75) is 13.5 Å². The summed E-state index contributed by atoms with van der Waals surface area (Å²) in [4.78, 5) is 0. The molecule has 2 aromatic rings. The molecule has 0 amide bonds. The molecule has 0 aliphatic rings. The Morgan fingerprint density at radius 2 is 1.74 bits per heavy atom. The summed E-state index contributed by atoms with van der Waals surface area (Å²) in [6.45, 7) is 3.24. The van der Waals surface area contributed by atoms with Crippen molar-refractivity contribution in [3.05, 3.63) is 52.0 Å². The fraction of sp³-hybridized carbons (Fsp3) is 0.294. The molecule has 0 radical (unpaired) electrons. The molecule has 0 aromatic heterocycles.